The summed E-state index contributed by atoms with van der Waals surface area (Å²) in [5.74, 6) is 0.831. The Bertz CT molecular complexity index is 534. The van der Waals surface area contributed by atoms with Gasteiger partial charge in [0.05, 0.1) is 6.61 Å². The number of aromatic nitrogens is 1. The number of likely N-dealkylation sites (tertiary alicyclic amines) is 1. The summed E-state index contributed by atoms with van der Waals surface area (Å²) in [6.45, 7) is 7.21. The number of hydrogen-bond donors (Lipinski definition) is 0. The lowest BCUT2D eigenvalue weighted by molar-refractivity contribution is 0.0606. The van der Waals surface area contributed by atoms with Crippen LogP contribution in [0.2, 0.25) is 0 Å². The van der Waals surface area contributed by atoms with Crippen LogP contribution < -0.4 is 4.74 Å². The van der Waals surface area contributed by atoms with E-state index in [4.69, 9.17) is 9.47 Å². The maximum absolute atomic E-state index is 11.9. The van der Waals surface area contributed by atoms with Gasteiger partial charge in [0.25, 0.3) is 0 Å². The van der Waals surface area contributed by atoms with Crippen LogP contribution in [0.3, 0.4) is 0 Å². The average molecular weight is 320 g/mol. The fraction of sp³-hybridized carbons (Fsp3) is 0.588. The summed E-state index contributed by atoms with van der Waals surface area (Å²) in [4.78, 5) is 29.0. The van der Waals surface area contributed by atoms with E-state index in [1.807, 2.05) is 13.8 Å². The van der Waals surface area contributed by atoms with E-state index in [0.717, 1.165) is 12.8 Å². The summed E-state index contributed by atoms with van der Waals surface area (Å²) in [5.41, 5.74) is 0.570. The van der Waals surface area contributed by atoms with E-state index in [0.29, 0.717) is 37.1 Å². The van der Waals surface area contributed by atoms with Gasteiger partial charge < -0.3 is 14.4 Å². The number of piperidine rings is 1. The van der Waals surface area contributed by atoms with E-state index >= 15 is 0 Å². The van der Waals surface area contributed by atoms with Crippen molar-refractivity contribution in [3.05, 3.63) is 23.9 Å². The summed E-state index contributed by atoms with van der Waals surface area (Å²) in [5, 5.41) is 0. The van der Waals surface area contributed by atoms with Gasteiger partial charge in [-0.3, -0.25) is 4.79 Å². The van der Waals surface area contributed by atoms with Crippen LogP contribution in [0.4, 0.5) is 4.79 Å². The van der Waals surface area contributed by atoms with Crippen LogP contribution in [0.1, 0.15) is 44.0 Å². The van der Waals surface area contributed by atoms with Gasteiger partial charge in [-0.05, 0) is 18.9 Å². The molecule has 126 valence electrons. The molecular weight excluding hydrogens is 296 g/mol. The first-order chi connectivity index (χ1) is 11.0. The van der Waals surface area contributed by atoms with Crippen molar-refractivity contribution in [1.29, 1.82) is 0 Å². The molecule has 0 spiro atoms. The monoisotopic (exact) mass is 320 g/mol. The Kier molecular flexibility index (Phi) is 5.96. The Labute approximate surface area is 136 Å². The van der Waals surface area contributed by atoms with E-state index in [-0.39, 0.29) is 18.0 Å². The zero-order valence-electron chi connectivity index (χ0n) is 13.9. The van der Waals surface area contributed by atoms with Gasteiger partial charge in [0.1, 0.15) is 6.10 Å². The molecule has 1 aliphatic rings. The third-order valence-corrected chi connectivity index (χ3v) is 3.67. The molecule has 2 rings (SSSR count). The Morgan fingerprint density at radius 2 is 2.00 bits per heavy atom. The minimum absolute atomic E-state index is 0.0164. The predicted molar refractivity (Wildman–Crippen MR) is 85.7 cm³/mol. The summed E-state index contributed by atoms with van der Waals surface area (Å²) in [6.07, 6.45) is 2.79. The molecule has 0 unspecified atom stereocenters. The van der Waals surface area contributed by atoms with Gasteiger partial charge in [-0.25, -0.2) is 9.78 Å². The van der Waals surface area contributed by atoms with Crippen molar-refractivity contribution < 1.29 is 19.1 Å². The zero-order chi connectivity index (χ0) is 16.8. The molecule has 6 nitrogen and oxygen atoms in total. The Morgan fingerprint density at radius 1 is 1.30 bits per heavy atom. The van der Waals surface area contributed by atoms with Crippen LogP contribution >= 0.6 is 0 Å². The predicted octanol–water partition coefficient (Wildman–Crippen LogP) is 2.92. The highest BCUT2D eigenvalue weighted by atomic mass is 16.6. The summed E-state index contributed by atoms with van der Waals surface area (Å²) >= 11 is 0. The number of amides is 1. The second-order valence-electron chi connectivity index (χ2n) is 6.22. The standard InChI is InChI=1S/C17H24N2O4/c1-12(2)11-22-17(21)19-8-6-15(7-9-19)23-16-5-4-14(10-18-16)13(3)20/h4-5,10,12,15H,6-9,11H2,1-3H3. The highest BCUT2D eigenvalue weighted by Crippen LogP contribution is 2.18. The number of carbonyl (C=O) groups is 2. The van der Waals surface area contributed by atoms with E-state index in [1.165, 1.54) is 13.1 Å². The SMILES string of the molecule is CC(=O)c1ccc(OC2CCN(C(=O)OCC(C)C)CC2)nc1. The molecule has 0 bridgehead atoms. The number of pyridine rings is 1. The van der Waals surface area contributed by atoms with Crippen LogP contribution in [0, 0.1) is 5.92 Å². The van der Waals surface area contributed by atoms with E-state index in [2.05, 4.69) is 4.98 Å². The zero-order valence-corrected chi connectivity index (χ0v) is 13.9. The molecule has 0 aromatic carbocycles. The molecule has 1 aromatic rings. The van der Waals surface area contributed by atoms with Gasteiger partial charge in [-0.1, -0.05) is 13.8 Å². The van der Waals surface area contributed by atoms with Crippen molar-refractivity contribution in [2.45, 2.75) is 39.7 Å². The van der Waals surface area contributed by atoms with Gasteiger partial charge in [0, 0.05) is 43.8 Å². The molecule has 0 atom stereocenters. The van der Waals surface area contributed by atoms with Gasteiger partial charge in [-0.2, -0.15) is 0 Å². The summed E-state index contributed by atoms with van der Waals surface area (Å²) < 4.78 is 11.0. The van der Waals surface area contributed by atoms with Gasteiger partial charge in [0.2, 0.25) is 5.88 Å². The quantitative estimate of drug-likeness (QED) is 0.780. The number of ketones is 1. The second-order valence-corrected chi connectivity index (χ2v) is 6.22. The summed E-state index contributed by atoms with van der Waals surface area (Å²) in [7, 11) is 0. The van der Waals surface area contributed by atoms with Crippen molar-refractivity contribution in [3.63, 3.8) is 0 Å². The number of nitrogens with zero attached hydrogens (tertiary/aromatic N) is 2. The highest BCUT2D eigenvalue weighted by Gasteiger charge is 2.25. The first kappa shape index (κ1) is 17.2. The molecule has 0 N–H and O–H groups in total. The fourth-order valence-electron chi connectivity index (χ4n) is 2.31. The van der Waals surface area contributed by atoms with Gasteiger partial charge in [-0.15, -0.1) is 0 Å². The van der Waals surface area contributed by atoms with E-state index in [1.54, 1.807) is 17.0 Å². The number of ether oxygens (including phenoxy) is 2. The van der Waals surface area contributed by atoms with Crippen LogP contribution in [-0.4, -0.2) is 47.6 Å². The van der Waals surface area contributed by atoms with E-state index < -0.39 is 0 Å². The second kappa shape index (κ2) is 7.94. The smallest absolute Gasteiger partial charge is 0.409 e. The van der Waals surface area contributed by atoms with Crippen LogP contribution in [0.5, 0.6) is 5.88 Å². The van der Waals surface area contributed by atoms with Gasteiger partial charge in [0.15, 0.2) is 5.78 Å². The molecule has 2 heterocycles. The third-order valence-electron chi connectivity index (χ3n) is 3.67. The number of rotatable bonds is 5. The first-order valence-corrected chi connectivity index (χ1v) is 8.01. The van der Waals surface area contributed by atoms with Crippen LogP contribution in [-0.2, 0) is 4.74 Å². The number of hydrogen-bond acceptors (Lipinski definition) is 5. The minimum Gasteiger partial charge on any atom is -0.474 e. The molecule has 6 heteroatoms. The Balaban J connectivity index is 1.78. The average Bonchev–Trinajstić information content (AvgIpc) is 2.54. The number of Topliss-reactive ketones (excluding diaryl/α,β-unsaturated/α-hetero) is 1. The fourth-order valence-corrected chi connectivity index (χ4v) is 2.31. The largest absolute Gasteiger partial charge is 0.474 e. The van der Waals surface area contributed by atoms with Crippen LogP contribution in [0.15, 0.2) is 18.3 Å². The molecule has 1 aliphatic heterocycles. The molecule has 0 radical (unpaired) electrons. The minimum atomic E-state index is -0.249. The first-order valence-electron chi connectivity index (χ1n) is 8.01. The molecule has 1 fully saturated rings. The topological polar surface area (TPSA) is 68.7 Å². The molecule has 0 aliphatic carbocycles. The van der Waals surface area contributed by atoms with Crippen molar-refractivity contribution >= 4 is 11.9 Å². The molecule has 1 saturated heterocycles. The molecule has 0 saturated carbocycles. The summed E-state index contributed by atoms with van der Waals surface area (Å²) in [6, 6.07) is 3.42. The molecule has 1 aromatic heterocycles. The van der Waals surface area contributed by atoms with Crippen LogP contribution in [0.25, 0.3) is 0 Å². The molecular formula is C17H24N2O4. The maximum atomic E-state index is 11.9. The lowest BCUT2D eigenvalue weighted by atomic mass is 10.1. The Hall–Kier alpha value is -2.11. The van der Waals surface area contributed by atoms with Crippen molar-refractivity contribution in [2.75, 3.05) is 19.7 Å². The maximum Gasteiger partial charge on any atom is 0.409 e. The third kappa shape index (κ3) is 5.23. The lowest BCUT2D eigenvalue weighted by Crippen LogP contribution is -2.42. The normalized spacial score (nSPS) is 15.6. The molecule has 23 heavy (non-hydrogen) atoms. The lowest BCUT2D eigenvalue weighted by Gasteiger charge is -2.31. The Morgan fingerprint density at radius 3 is 2.52 bits per heavy atom. The van der Waals surface area contributed by atoms with Crippen molar-refractivity contribution in [3.8, 4) is 5.88 Å². The van der Waals surface area contributed by atoms with Gasteiger partial charge >= 0.3 is 6.09 Å². The highest BCUT2D eigenvalue weighted by molar-refractivity contribution is 5.93. The van der Waals surface area contributed by atoms with Crippen molar-refractivity contribution in [2.24, 2.45) is 5.92 Å². The number of carbonyl (C=O) groups excluding carboxylic acids is 2. The van der Waals surface area contributed by atoms with Crippen molar-refractivity contribution in [1.82, 2.24) is 9.88 Å². The molecule has 1 amide bonds. The van der Waals surface area contributed by atoms with E-state index in [9.17, 15) is 9.59 Å².